The van der Waals surface area contributed by atoms with Crippen molar-refractivity contribution in [1.82, 2.24) is 14.8 Å². The van der Waals surface area contributed by atoms with Crippen molar-refractivity contribution in [2.24, 2.45) is 0 Å². The van der Waals surface area contributed by atoms with Gasteiger partial charge in [-0.1, -0.05) is 41.0 Å². The van der Waals surface area contributed by atoms with Crippen LogP contribution < -0.4 is 10.1 Å². The van der Waals surface area contributed by atoms with Gasteiger partial charge in [-0.25, -0.2) is 0 Å². The zero-order valence-electron chi connectivity index (χ0n) is 15.3. The van der Waals surface area contributed by atoms with Crippen LogP contribution in [-0.2, 0) is 4.79 Å². The molecule has 6 nitrogen and oxygen atoms in total. The molecule has 28 heavy (non-hydrogen) atoms. The smallest absolute Gasteiger partial charge is 0.221 e. The molecule has 9 heteroatoms. The molecule has 146 valence electrons. The van der Waals surface area contributed by atoms with Gasteiger partial charge in [0.1, 0.15) is 11.6 Å². The largest absolute Gasteiger partial charge is 0.491 e. The van der Waals surface area contributed by atoms with Crippen molar-refractivity contribution >= 4 is 46.6 Å². The van der Waals surface area contributed by atoms with E-state index in [1.54, 1.807) is 18.2 Å². The number of aromatic nitrogens is 3. The number of thioether (sulfide) groups is 1. The van der Waals surface area contributed by atoms with E-state index in [0.29, 0.717) is 28.2 Å². The van der Waals surface area contributed by atoms with Crippen molar-refractivity contribution in [2.75, 3.05) is 17.7 Å². The summed E-state index contributed by atoms with van der Waals surface area (Å²) in [4.78, 5) is 11.3. The summed E-state index contributed by atoms with van der Waals surface area (Å²) in [5.74, 6) is 1.88. The second-order valence-corrected chi connectivity index (χ2v) is 7.77. The third-order valence-electron chi connectivity index (χ3n) is 3.69. The van der Waals surface area contributed by atoms with Crippen molar-refractivity contribution in [3.63, 3.8) is 0 Å². The van der Waals surface area contributed by atoms with E-state index in [1.807, 2.05) is 35.8 Å². The van der Waals surface area contributed by atoms with Crippen LogP contribution in [0.5, 0.6) is 5.75 Å². The van der Waals surface area contributed by atoms with Crippen LogP contribution in [0.4, 0.5) is 5.69 Å². The third-order valence-corrected chi connectivity index (χ3v) is 5.11. The fourth-order valence-corrected chi connectivity index (χ4v) is 3.81. The maximum absolute atomic E-state index is 11.3. The number of amides is 1. The summed E-state index contributed by atoms with van der Waals surface area (Å²) in [6, 6.07) is 12.7. The van der Waals surface area contributed by atoms with E-state index in [0.717, 1.165) is 22.4 Å². The van der Waals surface area contributed by atoms with Crippen molar-refractivity contribution in [2.45, 2.75) is 19.0 Å². The summed E-state index contributed by atoms with van der Waals surface area (Å²) < 4.78 is 7.65. The molecule has 0 aliphatic heterocycles. The van der Waals surface area contributed by atoms with Crippen molar-refractivity contribution in [3.8, 4) is 11.4 Å². The van der Waals surface area contributed by atoms with Gasteiger partial charge in [0.25, 0.3) is 0 Å². The number of carbonyl (C=O) groups is 1. The van der Waals surface area contributed by atoms with Crippen LogP contribution in [0.15, 0.2) is 47.6 Å². The van der Waals surface area contributed by atoms with Gasteiger partial charge in [-0.15, -0.1) is 10.2 Å². The van der Waals surface area contributed by atoms with E-state index in [9.17, 15) is 4.79 Å². The molecular formula is C19H18Cl2N4O2S. The number of nitrogens with zero attached hydrogens (tertiary/aromatic N) is 3. The van der Waals surface area contributed by atoms with Crippen LogP contribution in [0.2, 0.25) is 10.0 Å². The molecule has 3 aromatic rings. The molecule has 0 bridgehead atoms. The first-order valence-electron chi connectivity index (χ1n) is 8.45. The number of nitrogens with one attached hydrogen (secondary N) is 1. The third kappa shape index (κ3) is 5.19. The Labute approximate surface area is 177 Å². The Morgan fingerprint density at radius 3 is 2.79 bits per heavy atom. The number of benzene rings is 2. The van der Waals surface area contributed by atoms with Crippen LogP contribution in [0, 0.1) is 6.92 Å². The Morgan fingerprint density at radius 2 is 2.04 bits per heavy atom. The molecule has 3 rings (SSSR count). The summed E-state index contributed by atoms with van der Waals surface area (Å²) in [6.07, 6.45) is 0. The van der Waals surface area contributed by atoms with Gasteiger partial charge in [-0.2, -0.15) is 0 Å². The van der Waals surface area contributed by atoms with E-state index in [1.165, 1.54) is 18.7 Å². The van der Waals surface area contributed by atoms with Crippen LogP contribution in [0.3, 0.4) is 0 Å². The number of rotatable bonds is 7. The number of carbonyl (C=O) groups excluding carboxylic acids is 1. The Balaban J connectivity index is 1.67. The Hall–Kier alpha value is -2.22. The molecule has 0 spiro atoms. The Kier molecular flexibility index (Phi) is 6.83. The lowest BCUT2D eigenvalue weighted by molar-refractivity contribution is -0.114. The molecule has 0 fully saturated rings. The lowest BCUT2D eigenvalue weighted by Crippen LogP contribution is -2.07. The van der Waals surface area contributed by atoms with Gasteiger partial charge in [-0.3, -0.25) is 9.36 Å². The Bertz CT molecular complexity index is 994. The lowest BCUT2D eigenvalue weighted by atomic mass is 10.2. The normalized spacial score (nSPS) is 10.7. The average Bonchev–Trinajstić information content (AvgIpc) is 3.00. The van der Waals surface area contributed by atoms with E-state index < -0.39 is 0 Å². The maximum atomic E-state index is 11.3. The lowest BCUT2D eigenvalue weighted by Gasteiger charge is -2.11. The van der Waals surface area contributed by atoms with Crippen LogP contribution in [0.25, 0.3) is 5.69 Å². The summed E-state index contributed by atoms with van der Waals surface area (Å²) in [5, 5.41) is 13.0. The quantitative estimate of drug-likeness (QED) is 0.416. The highest BCUT2D eigenvalue weighted by atomic mass is 35.5. The molecule has 0 saturated heterocycles. The highest BCUT2D eigenvalue weighted by Gasteiger charge is 2.12. The zero-order valence-corrected chi connectivity index (χ0v) is 17.6. The standard InChI is InChI=1S/C19H18Cl2N4O2S/c1-12-23-24-19(25(12)16-5-3-4-15(11-16)22-13(2)26)28-9-8-27-18-7-6-14(20)10-17(18)21/h3-7,10-11H,8-9H2,1-2H3,(H,22,26). The highest BCUT2D eigenvalue weighted by molar-refractivity contribution is 7.99. The van der Waals surface area contributed by atoms with Gasteiger partial charge < -0.3 is 10.1 Å². The molecule has 2 aromatic carbocycles. The minimum atomic E-state index is -0.120. The van der Waals surface area contributed by atoms with Gasteiger partial charge in [0.05, 0.1) is 17.3 Å². The minimum Gasteiger partial charge on any atom is -0.491 e. The maximum Gasteiger partial charge on any atom is 0.221 e. The molecule has 1 amide bonds. The van der Waals surface area contributed by atoms with E-state index >= 15 is 0 Å². The predicted octanol–water partition coefficient (Wildman–Crippen LogP) is 5.01. The fraction of sp³-hybridized carbons (Fsp3) is 0.211. The number of aryl methyl sites for hydroxylation is 1. The first-order chi connectivity index (χ1) is 13.4. The SMILES string of the molecule is CC(=O)Nc1cccc(-n2c(C)nnc2SCCOc2ccc(Cl)cc2Cl)c1. The minimum absolute atomic E-state index is 0.120. The average molecular weight is 437 g/mol. The molecule has 0 radical (unpaired) electrons. The number of halogens is 2. The van der Waals surface area contributed by atoms with E-state index in [2.05, 4.69) is 15.5 Å². The second-order valence-electron chi connectivity index (χ2n) is 5.87. The van der Waals surface area contributed by atoms with Gasteiger partial charge in [0.15, 0.2) is 5.16 Å². The number of hydrogen-bond donors (Lipinski definition) is 1. The van der Waals surface area contributed by atoms with Gasteiger partial charge in [0, 0.05) is 23.4 Å². The molecule has 1 heterocycles. The number of ether oxygens (including phenoxy) is 1. The molecule has 0 unspecified atom stereocenters. The van der Waals surface area contributed by atoms with Gasteiger partial charge >= 0.3 is 0 Å². The molecule has 1 N–H and O–H groups in total. The summed E-state index contributed by atoms with van der Waals surface area (Å²) in [5.41, 5.74) is 1.59. The molecule has 0 aliphatic carbocycles. The monoisotopic (exact) mass is 436 g/mol. The summed E-state index contributed by atoms with van der Waals surface area (Å²) in [6.45, 7) is 3.81. The molecular weight excluding hydrogens is 419 g/mol. The first-order valence-corrected chi connectivity index (χ1v) is 10.2. The molecule has 0 aliphatic rings. The van der Waals surface area contributed by atoms with E-state index in [-0.39, 0.29) is 5.91 Å². The second kappa shape index (κ2) is 9.32. The van der Waals surface area contributed by atoms with Crippen LogP contribution >= 0.6 is 35.0 Å². The molecule has 0 atom stereocenters. The van der Waals surface area contributed by atoms with Gasteiger partial charge in [-0.05, 0) is 43.3 Å². The van der Waals surface area contributed by atoms with Crippen molar-refractivity contribution < 1.29 is 9.53 Å². The van der Waals surface area contributed by atoms with E-state index in [4.69, 9.17) is 27.9 Å². The first kappa shape index (κ1) is 20.5. The zero-order chi connectivity index (χ0) is 20.1. The Morgan fingerprint density at radius 1 is 1.21 bits per heavy atom. The predicted molar refractivity (Wildman–Crippen MR) is 113 cm³/mol. The number of hydrogen-bond acceptors (Lipinski definition) is 5. The van der Waals surface area contributed by atoms with Gasteiger partial charge in [0.2, 0.25) is 5.91 Å². The van der Waals surface area contributed by atoms with Crippen molar-refractivity contribution in [1.29, 1.82) is 0 Å². The fourth-order valence-electron chi connectivity index (χ4n) is 2.54. The molecule has 1 aromatic heterocycles. The van der Waals surface area contributed by atoms with Crippen molar-refractivity contribution in [3.05, 3.63) is 58.3 Å². The number of anilines is 1. The summed E-state index contributed by atoms with van der Waals surface area (Å²) >= 11 is 13.5. The molecule has 0 saturated carbocycles. The van der Waals surface area contributed by atoms with Crippen LogP contribution in [-0.4, -0.2) is 33.0 Å². The van der Waals surface area contributed by atoms with Crippen LogP contribution in [0.1, 0.15) is 12.7 Å². The summed E-state index contributed by atoms with van der Waals surface area (Å²) in [7, 11) is 0. The topological polar surface area (TPSA) is 69.0 Å². The highest BCUT2D eigenvalue weighted by Crippen LogP contribution is 2.28.